The summed E-state index contributed by atoms with van der Waals surface area (Å²) in [4.78, 5) is 0. The molecule has 1 saturated heterocycles. The van der Waals surface area contributed by atoms with Crippen LogP contribution in [0.15, 0.2) is 24.8 Å². The highest BCUT2D eigenvalue weighted by atomic mass is 16.7. The van der Waals surface area contributed by atoms with Crippen molar-refractivity contribution in [2.45, 2.75) is 36.8 Å². The van der Waals surface area contributed by atoms with Gasteiger partial charge in [-0.25, -0.2) is 0 Å². The fourth-order valence-corrected chi connectivity index (χ4v) is 2.60. The molecule has 1 aliphatic heterocycles. The fraction of sp³-hybridized carbons (Fsp3) is 0.529. The topological polar surface area (TPSA) is 138 Å². The SMILES string of the molecule is C=C[C@@H](O)c1cc(OC)c(O[C@H]2O[C@H](CO)[C@@H](O)[C@@H](O)[C@@H]2O)c(OC)c1. The van der Waals surface area contributed by atoms with Crippen LogP contribution in [0.2, 0.25) is 0 Å². The number of methoxy groups -OCH3 is 2. The van der Waals surface area contributed by atoms with Gasteiger partial charge < -0.3 is 44.5 Å². The predicted molar refractivity (Wildman–Crippen MR) is 89.1 cm³/mol. The van der Waals surface area contributed by atoms with Gasteiger partial charge in [-0.15, -0.1) is 6.58 Å². The minimum atomic E-state index is -1.58. The van der Waals surface area contributed by atoms with Gasteiger partial charge in [-0.05, 0) is 17.7 Å². The summed E-state index contributed by atoms with van der Waals surface area (Å²) < 4.78 is 21.4. The smallest absolute Gasteiger partial charge is 0.229 e. The summed E-state index contributed by atoms with van der Waals surface area (Å²) in [5.74, 6) is 0.411. The minimum absolute atomic E-state index is 0.0549. The normalized spacial score (nSPS) is 29.7. The van der Waals surface area contributed by atoms with Gasteiger partial charge in [0.15, 0.2) is 11.5 Å². The highest BCUT2D eigenvalue weighted by molar-refractivity contribution is 5.54. The van der Waals surface area contributed by atoms with Crippen molar-refractivity contribution in [1.29, 1.82) is 0 Å². The molecule has 9 heteroatoms. The number of aliphatic hydroxyl groups excluding tert-OH is 5. The van der Waals surface area contributed by atoms with Crippen LogP contribution in [0.3, 0.4) is 0 Å². The van der Waals surface area contributed by atoms with Gasteiger partial charge in [0.05, 0.1) is 26.9 Å². The third-order valence-corrected chi connectivity index (χ3v) is 4.13. The molecule has 26 heavy (non-hydrogen) atoms. The molecule has 0 amide bonds. The van der Waals surface area contributed by atoms with E-state index in [-0.39, 0.29) is 17.2 Å². The monoisotopic (exact) mass is 372 g/mol. The van der Waals surface area contributed by atoms with Crippen LogP contribution in [0.1, 0.15) is 11.7 Å². The summed E-state index contributed by atoms with van der Waals surface area (Å²) in [5.41, 5.74) is 0.440. The van der Waals surface area contributed by atoms with Crippen molar-refractivity contribution >= 4 is 0 Å². The summed E-state index contributed by atoms with van der Waals surface area (Å²) >= 11 is 0. The number of benzene rings is 1. The van der Waals surface area contributed by atoms with Crippen LogP contribution in [-0.4, -0.2) is 77.1 Å². The van der Waals surface area contributed by atoms with Crippen LogP contribution in [0.5, 0.6) is 17.2 Å². The van der Waals surface area contributed by atoms with Crippen molar-refractivity contribution in [3.8, 4) is 17.2 Å². The van der Waals surface area contributed by atoms with E-state index in [4.69, 9.17) is 18.9 Å². The standard InChI is InChI=1S/C17H24O9/c1-4-9(19)8-5-10(23-2)16(11(6-8)24-3)26-17-15(22)14(21)13(20)12(7-18)25-17/h4-6,9,12-15,17-22H,1,7H2,2-3H3/t9-,12-,13-,14-,15+,17-/m1/s1. The molecule has 0 aliphatic carbocycles. The average molecular weight is 372 g/mol. The predicted octanol–water partition coefficient (Wildman–Crippen LogP) is -0.898. The first-order valence-corrected chi connectivity index (χ1v) is 7.91. The van der Waals surface area contributed by atoms with E-state index in [1.165, 1.54) is 32.4 Å². The third kappa shape index (κ3) is 3.93. The largest absolute Gasteiger partial charge is 0.493 e. The lowest BCUT2D eigenvalue weighted by Gasteiger charge is -2.39. The Labute approximate surface area is 150 Å². The zero-order chi connectivity index (χ0) is 19.4. The molecular formula is C17H24O9. The molecule has 1 heterocycles. The first-order valence-electron chi connectivity index (χ1n) is 7.91. The van der Waals surface area contributed by atoms with Gasteiger partial charge in [0, 0.05) is 0 Å². The van der Waals surface area contributed by atoms with Gasteiger partial charge >= 0.3 is 0 Å². The van der Waals surface area contributed by atoms with Gasteiger partial charge in [0.2, 0.25) is 12.0 Å². The number of ether oxygens (including phenoxy) is 4. The third-order valence-electron chi connectivity index (χ3n) is 4.13. The molecule has 1 fully saturated rings. The van der Waals surface area contributed by atoms with Crippen LogP contribution >= 0.6 is 0 Å². The van der Waals surface area contributed by atoms with Gasteiger partial charge in [-0.3, -0.25) is 0 Å². The molecule has 1 aromatic carbocycles. The molecule has 9 nitrogen and oxygen atoms in total. The van der Waals surface area contributed by atoms with Crippen molar-refractivity contribution in [3.63, 3.8) is 0 Å². The number of rotatable bonds is 7. The Morgan fingerprint density at radius 2 is 1.69 bits per heavy atom. The second kappa shape index (κ2) is 8.67. The Kier molecular flexibility index (Phi) is 6.81. The number of aliphatic hydroxyl groups is 5. The lowest BCUT2D eigenvalue weighted by molar-refractivity contribution is -0.277. The lowest BCUT2D eigenvalue weighted by Crippen LogP contribution is -2.60. The molecule has 0 spiro atoms. The Hall–Kier alpha value is -1.88. The second-order valence-corrected chi connectivity index (χ2v) is 5.75. The van der Waals surface area contributed by atoms with E-state index < -0.39 is 43.4 Å². The van der Waals surface area contributed by atoms with Crippen LogP contribution in [0, 0.1) is 0 Å². The molecule has 0 aromatic heterocycles. The fourth-order valence-electron chi connectivity index (χ4n) is 2.60. The van der Waals surface area contributed by atoms with E-state index in [1.54, 1.807) is 0 Å². The van der Waals surface area contributed by atoms with E-state index in [0.29, 0.717) is 5.56 Å². The molecule has 2 rings (SSSR count). The minimum Gasteiger partial charge on any atom is -0.493 e. The molecule has 0 unspecified atom stereocenters. The first kappa shape index (κ1) is 20.4. The highest BCUT2D eigenvalue weighted by Gasteiger charge is 2.45. The zero-order valence-electron chi connectivity index (χ0n) is 14.5. The maximum Gasteiger partial charge on any atom is 0.229 e. The summed E-state index contributed by atoms with van der Waals surface area (Å²) in [6.07, 6.45) is -6.80. The van der Waals surface area contributed by atoms with Gasteiger partial charge in [0.1, 0.15) is 24.4 Å². The Balaban J connectivity index is 2.37. The molecule has 1 aromatic rings. The Morgan fingerprint density at radius 1 is 1.12 bits per heavy atom. The van der Waals surface area contributed by atoms with Crippen molar-refractivity contribution in [2.24, 2.45) is 0 Å². The highest BCUT2D eigenvalue weighted by Crippen LogP contribution is 2.41. The van der Waals surface area contributed by atoms with Crippen LogP contribution in [0.4, 0.5) is 0 Å². The summed E-state index contributed by atoms with van der Waals surface area (Å²) in [6, 6.07) is 2.99. The summed E-state index contributed by atoms with van der Waals surface area (Å²) in [7, 11) is 2.75. The zero-order valence-corrected chi connectivity index (χ0v) is 14.5. The first-order chi connectivity index (χ1) is 12.4. The van der Waals surface area contributed by atoms with Gasteiger partial charge in [0.25, 0.3) is 0 Å². The summed E-state index contributed by atoms with van der Waals surface area (Å²) in [5, 5.41) is 49.0. The average Bonchev–Trinajstić information content (AvgIpc) is 2.67. The molecule has 146 valence electrons. The molecule has 5 N–H and O–H groups in total. The molecule has 0 saturated carbocycles. The van der Waals surface area contributed by atoms with Crippen LogP contribution < -0.4 is 14.2 Å². The molecule has 0 bridgehead atoms. The Bertz CT molecular complexity index is 593. The molecule has 1 aliphatic rings. The maximum absolute atomic E-state index is 10.1. The Morgan fingerprint density at radius 3 is 2.15 bits per heavy atom. The quantitative estimate of drug-likeness (QED) is 0.386. The molecule has 6 atom stereocenters. The van der Waals surface area contributed by atoms with Crippen molar-refractivity contribution in [1.82, 2.24) is 0 Å². The second-order valence-electron chi connectivity index (χ2n) is 5.75. The lowest BCUT2D eigenvalue weighted by atomic mass is 9.99. The van der Waals surface area contributed by atoms with E-state index in [9.17, 15) is 25.5 Å². The van der Waals surface area contributed by atoms with Gasteiger partial charge in [-0.1, -0.05) is 6.08 Å². The molecular weight excluding hydrogens is 348 g/mol. The van der Waals surface area contributed by atoms with E-state index in [0.717, 1.165) is 0 Å². The molecule has 0 radical (unpaired) electrons. The maximum atomic E-state index is 10.1. The number of hydrogen-bond acceptors (Lipinski definition) is 9. The van der Waals surface area contributed by atoms with E-state index in [1.807, 2.05) is 0 Å². The van der Waals surface area contributed by atoms with E-state index >= 15 is 0 Å². The van der Waals surface area contributed by atoms with Crippen LogP contribution in [-0.2, 0) is 4.74 Å². The van der Waals surface area contributed by atoms with Crippen molar-refractivity contribution < 1.29 is 44.5 Å². The van der Waals surface area contributed by atoms with E-state index in [2.05, 4.69) is 6.58 Å². The number of hydrogen-bond donors (Lipinski definition) is 5. The van der Waals surface area contributed by atoms with Gasteiger partial charge in [-0.2, -0.15) is 0 Å². The van der Waals surface area contributed by atoms with Crippen LogP contribution in [0.25, 0.3) is 0 Å². The summed E-state index contributed by atoms with van der Waals surface area (Å²) in [6.45, 7) is 2.94. The van der Waals surface area contributed by atoms with Crippen molar-refractivity contribution in [3.05, 3.63) is 30.4 Å². The van der Waals surface area contributed by atoms with Crippen molar-refractivity contribution in [2.75, 3.05) is 20.8 Å².